The van der Waals surface area contributed by atoms with Crippen LogP contribution in [0.3, 0.4) is 0 Å². The van der Waals surface area contributed by atoms with Crippen molar-refractivity contribution in [3.8, 4) is 22.8 Å². The van der Waals surface area contributed by atoms with Gasteiger partial charge in [-0.1, -0.05) is 35.9 Å². The van der Waals surface area contributed by atoms with E-state index in [4.69, 9.17) is 4.98 Å². The summed E-state index contributed by atoms with van der Waals surface area (Å²) < 4.78 is 0. The van der Waals surface area contributed by atoms with Crippen molar-refractivity contribution in [1.29, 1.82) is 0 Å². The first kappa shape index (κ1) is 14.4. The first-order chi connectivity index (χ1) is 10.5. The van der Waals surface area contributed by atoms with E-state index < -0.39 is 0 Å². The average molecular weight is 289 g/mol. The molecule has 0 saturated carbocycles. The minimum absolute atomic E-state index is 0.698. The summed E-state index contributed by atoms with van der Waals surface area (Å²) in [6, 6.07) is 14.5. The van der Waals surface area contributed by atoms with Crippen LogP contribution in [0.4, 0.5) is 0 Å². The number of aromatic nitrogens is 3. The predicted molar refractivity (Wildman–Crippen MR) is 89.6 cm³/mol. The lowest BCUT2D eigenvalue weighted by Gasteiger charge is -2.09. The van der Waals surface area contributed by atoms with Crippen molar-refractivity contribution < 1.29 is 0 Å². The standard InChI is InChI=1S/C19H19N3/c1-12-5-8-16(9-6-12)17-10-7-13(2)18(22-17)19-20-14(3)11-15(4)21-19/h5-11H,1-4H3. The zero-order valence-corrected chi connectivity index (χ0v) is 13.4. The van der Waals surface area contributed by atoms with Crippen molar-refractivity contribution in [3.63, 3.8) is 0 Å². The van der Waals surface area contributed by atoms with Crippen molar-refractivity contribution in [1.82, 2.24) is 15.0 Å². The zero-order valence-electron chi connectivity index (χ0n) is 13.4. The molecule has 0 aliphatic rings. The van der Waals surface area contributed by atoms with Gasteiger partial charge in [-0.15, -0.1) is 0 Å². The smallest absolute Gasteiger partial charge is 0.178 e. The van der Waals surface area contributed by atoms with E-state index in [0.29, 0.717) is 5.82 Å². The van der Waals surface area contributed by atoms with Crippen molar-refractivity contribution >= 4 is 0 Å². The normalized spacial score (nSPS) is 10.7. The Morgan fingerprint density at radius 1 is 0.682 bits per heavy atom. The summed E-state index contributed by atoms with van der Waals surface area (Å²) in [5, 5.41) is 0. The second-order valence-corrected chi connectivity index (χ2v) is 5.70. The van der Waals surface area contributed by atoms with E-state index in [1.165, 1.54) is 5.56 Å². The van der Waals surface area contributed by atoms with Crippen LogP contribution in [0.5, 0.6) is 0 Å². The fourth-order valence-electron chi connectivity index (χ4n) is 2.47. The number of aryl methyl sites for hydroxylation is 4. The predicted octanol–water partition coefficient (Wildman–Crippen LogP) is 4.44. The summed E-state index contributed by atoms with van der Waals surface area (Å²) in [6.07, 6.45) is 0. The summed E-state index contributed by atoms with van der Waals surface area (Å²) in [5.41, 5.74) is 7.16. The molecular formula is C19H19N3. The quantitative estimate of drug-likeness (QED) is 0.700. The van der Waals surface area contributed by atoms with Gasteiger partial charge in [0.15, 0.2) is 5.82 Å². The molecule has 0 bridgehead atoms. The van der Waals surface area contributed by atoms with Crippen LogP contribution in [-0.2, 0) is 0 Å². The van der Waals surface area contributed by atoms with Crippen LogP contribution in [0.2, 0.25) is 0 Å². The molecule has 2 aromatic heterocycles. The highest BCUT2D eigenvalue weighted by Gasteiger charge is 2.10. The third kappa shape index (κ3) is 2.89. The Hall–Kier alpha value is -2.55. The molecule has 110 valence electrons. The summed E-state index contributed by atoms with van der Waals surface area (Å²) in [7, 11) is 0. The van der Waals surface area contributed by atoms with Gasteiger partial charge in [0, 0.05) is 17.0 Å². The van der Waals surface area contributed by atoms with Crippen LogP contribution in [0.15, 0.2) is 42.5 Å². The maximum atomic E-state index is 4.80. The molecule has 3 rings (SSSR count). The van der Waals surface area contributed by atoms with Crippen LogP contribution in [0, 0.1) is 27.7 Å². The molecule has 0 radical (unpaired) electrons. The number of benzene rings is 1. The van der Waals surface area contributed by atoms with Gasteiger partial charge < -0.3 is 0 Å². The molecule has 0 fully saturated rings. The Balaban J connectivity index is 2.12. The minimum Gasteiger partial charge on any atom is -0.244 e. The highest BCUT2D eigenvalue weighted by atomic mass is 14.9. The van der Waals surface area contributed by atoms with E-state index in [1.807, 2.05) is 32.9 Å². The van der Waals surface area contributed by atoms with Crippen molar-refractivity contribution in [2.45, 2.75) is 27.7 Å². The van der Waals surface area contributed by atoms with E-state index in [2.05, 4.69) is 47.2 Å². The number of pyridine rings is 1. The van der Waals surface area contributed by atoms with Gasteiger partial charge in [0.1, 0.15) is 5.69 Å². The van der Waals surface area contributed by atoms with Crippen molar-refractivity contribution in [2.24, 2.45) is 0 Å². The summed E-state index contributed by atoms with van der Waals surface area (Å²) >= 11 is 0. The minimum atomic E-state index is 0.698. The second-order valence-electron chi connectivity index (χ2n) is 5.70. The molecule has 0 unspecified atom stereocenters. The number of hydrogen-bond acceptors (Lipinski definition) is 3. The lowest BCUT2D eigenvalue weighted by atomic mass is 10.1. The largest absolute Gasteiger partial charge is 0.244 e. The monoisotopic (exact) mass is 289 g/mol. The fraction of sp³-hybridized carbons (Fsp3) is 0.211. The summed E-state index contributed by atoms with van der Waals surface area (Å²) in [4.78, 5) is 13.9. The van der Waals surface area contributed by atoms with Gasteiger partial charge in [0.05, 0.1) is 5.69 Å². The highest BCUT2D eigenvalue weighted by Crippen LogP contribution is 2.24. The van der Waals surface area contributed by atoms with Crippen molar-refractivity contribution in [3.05, 3.63) is 65.0 Å². The highest BCUT2D eigenvalue weighted by molar-refractivity contribution is 5.65. The molecule has 1 aromatic carbocycles. The maximum absolute atomic E-state index is 4.80. The molecule has 0 spiro atoms. The van der Waals surface area contributed by atoms with Gasteiger partial charge in [-0.05, 0) is 45.4 Å². The first-order valence-electron chi connectivity index (χ1n) is 7.40. The Morgan fingerprint density at radius 3 is 1.95 bits per heavy atom. The molecule has 3 heteroatoms. The van der Waals surface area contributed by atoms with Gasteiger partial charge >= 0.3 is 0 Å². The molecule has 0 N–H and O–H groups in total. The topological polar surface area (TPSA) is 38.7 Å². The van der Waals surface area contributed by atoms with E-state index in [9.17, 15) is 0 Å². The third-order valence-electron chi connectivity index (χ3n) is 3.64. The summed E-state index contributed by atoms with van der Waals surface area (Å²) in [5.74, 6) is 0.698. The average Bonchev–Trinajstić information content (AvgIpc) is 2.47. The van der Waals surface area contributed by atoms with E-state index in [1.54, 1.807) is 0 Å². The van der Waals surface area contributed by atoms with Gasteiger partial charge in [0.25, 0.3) is 0 Å². The molecule has 0 amide bonds. The summed E-state index contributed by atoms with van der Waals surface area (Å²) in [6.45, 7) is 8.10. The fourth-order valence-corrected chi connectivity index (χ4v) is 2.47. The van der Waals surface area contributed by atoms with Crippen LogP contribution < -0.4 is 0 Å². The molecule has 0 atom stereocenters. The maximum Gasteiger partial charge on any atom is 0.178 e. The first-order valence-corrected chi connectivity index (χ1v) is 7.40. The molecule has 3 nitrogen and oxygen atoms in total. The Labute approximate surface area is 131 Å². The lowest BCUT2D eigenvalue weighted by molar-refractivity contribution is 1.04. The molecule has 0 saturated heterocycles. The number of hydrogen-bond donors (Lipinski definition) is 0. The van der Waals surface area contributed by atoms with E-state index in [-0.39, 0.29) is 0 Å². The van der Waals surface area contributed by atoms with Gasteiger partial charge in [-0.2, -0.15) is 0 Å². The lowest BCUT2D eigenvalue weighted by Crippen LogP contribution is -1.99. The molecule has 0 aliphatic heterocycles. The molecule has 22 heavy (non-hydrogen) atoms. The molecular weight excluding hydrogens is 270 g/mol. The molecule has 3 aromatic rings. The van der Waals surface area contributed by atoms with Gasteiger partial charge in [-0.3, -0.25) is 0 Å². The Morgan fingerprint density at radius 2 is 1.32 bits per heavy atom. The number of nitrogens with zero attached hydrogens (tertiary/aromatic N) is 3. The van der Waals surface area contributed by atoms with Crippen molar-refractivity contribution in [2.75, 3.05) is 0 Å². The Bertz CT molecular complexity index is 800. The zero-order chi connectivity index (χ0) is 15.7. The van der Waals surface area contributed by atoms with E-state index >= 15 is 0 Å². The number of rotatable bonds is 2. The van der Waals surface area contributed by atoms with Crippen LogP contribution >= 0.6 is 0 Å². The SMILES string of the molecule is Cc1ccc(-c2ccc(C)c(-c3nc(C)cc(C)n3)n2)cc1. The van der Waals surface area contributed by atoms with Crippen LogP contribution in [0.25, 0.3) is 22.8 Å². The Kier molecular flexibility index (Phi) is 3.72. The molecule has 2 heterocycles. The third-order valence-corrected chi connectivity index (χ3v) is 3.64. The van der Waals surface area contributed by atoms with Gasteiger partial charge in [0.2, 0.25) is 0 Å². The van der Waals surface area contributed by atoms with Crippen LogP contribution in [-0.4, -0.2) is 15.0 Å². The van der Waals surface area contributed by atoms with Crippen LogP contribution in [0.1, 0.15) is 22.5 Å². The molecule has 0 aliphatic carbocycles. The van der Waals surface area contributed by atoms with Gasteiger partial charge in [-0.25, -0.2) is 15.0 Å². The van der Waals surface area contributed by atoms with E-state index in [0.717, 1.165) is 33.9 Å². The second kappa shape index (κ2) is 5.68.